The Morgan fingerprint density at radius 2 is 2.24 bits per heavy atom. The number of thioether (sulfide) groups is 1. The van der Waals surface area contributed by atoms with Crippen molar-refractivity contribution in [1.82, 2.24) is 14.9 Å². The molecule has 112 valence electrons. The molecule has 1 atom stereocenters. The molecule has 0 radical (unpaired) electrons. The second-order valence-corrected chi connectivity index (χ2v) is 5.75. The number of nitrogens with zero attached hydrogens (tertiary/aromatic N) is 2. The van der Waals surface area contributed by atoms with Gasteiger partial charge in [0.2, 0.25) is 5.91 Å². The van der Waals surface area contributed by atoms with Gasteiger partial charge in [-0.1, -0.05) is 23.4 Å². The van der Waals surface area contributed by atoms with E-state index in [9.17, 15) is 9.59 Å². The zero-order valence-electron chi connectivity index (χ0n) is 11.5. The minimum atomic E-state index is -0.941. The summed E-state index contributed by atoms with van der Waals surface area (Å²) in [7, 11) is 1.55. The quantitative estimate of drug-likeness (QED) is 0.822. The maximum absolute atomic E-state index is 11.9. The highest BCUT2D eigenvalue weighted by Crippen LogP contribution is 2.29. The number of carbonyl (C=O) groups is 2. The smallest absolute Gasteiger partial charge is 0.313 e. The largest absolute Gasteiger partial charge is 0.481 e. The van der Waals surface area contributed by atoms with Gasteiger partial charge in [0.05, 0.1) is 16.8 Å². The normalized spacial score (nSPS) is 12.3. The Morgan fingerprint density at radius 3 is 2.86 bits per heavy atom. The summed E-state index contributed by atoms with van der Waals surface area (Å²) < 4.78 is 1.72. The van der Waals surface area contributed by atoms with Crippen LogP contribution in [0.5, 0.6) is 0 Å². The topological polar surface area (TPSA) is 84.2 Å². The van der Waals surface area contributed by atoms with Gasteiger partial charge in [-0.25, -0.2) is 4.98 Å². The fraction of sp³-hybridized carbons (Fsp3) is 0.308. The molecule has 0 aliphatic rings. The second kappa shape index (κ2) is 6.36. The lowest BCUT2D eigenvalue weighted by Crippen LogP contribution is -2.28. The zero-order chi connectivity index (χ0) is 15.6. The van der Waals surface area contributed by atoms with Crippen molar-refractivity contribution in [2.75, 3.05) is 12.8 Å². The van der Waals surface area contributed by atoms with Crippen LogP contribution in [0.4, 0.5) is 0 Å². The Hall–Kier alpha value is -1.73. The predicted octanol–water partition coefficient (Wildman–Crippen LogP) is 2.17. The lowest BCUT2D eigenvalue weighted by atomic mass is 10.2. The van der Waals surface area contributed by atoms with E-state index in [1.807, 2.05) is 0 Å². The Bertz CT molecular complexity index is 701. The van der Waals surface area contributed by atoms with Crippen molar-refractivity contribution in [3.05, 3.63) is 23.2 Å². The Morgan fingerprint density at radius 1 is 1.52 bits per heavy atom. The number of hydrogen-bond donors (Lipinski definition) is 2. The van der Waals surface area contributed by atoms with Crippen LogP contribution in [0, 0.1) is 0 Å². The van der Waals surface area contributed by atoms with Crippen molar-refractivity contribution in [2.45, 2.75) is 18.1 Å². The molecule has 0 saturated carbocycles. The third kappa shape index (κ3) is 3.30. The fourth-order valence-electron chi connectivity index (χ4n) is 1.98. The monoisotopic (exact) mass is 327 g/mol. The van der Waals surface area contributed by atoms with Crippen LogP contribution < -0.4 is 5.32 Å². The number of halogens is 1. The first-order valence-corrected chi connectivity index (χ1v) is 7.54. The van der Waals surface area contributed by atoms with Gasteiger partial charge in [-0.3, -0.25) is 9.59 Å². The number of amides is 1. The van der Waals surface area contributed by atoms with Crippen molar-refractivity contribution in [2.24, 2.45) is 0 Å². The van der Waals surface area contributed by atoms with E-state index in [-0.39, 0.29) is 11.7 Å². The van der Waals surface area contributed by atoms with Gasteiger partial charge < -0.3 is 15.0 Å². The predicted molar refractivity (Wildman–Crippen MR) is 81.9 cm³/mol. The van der Waals surface area contributed by atoms with Gasteiger partial charge in [-0.15, -0.1) is 0 Å². The summed E-state index contributed by atoms with van der Waals surface area (Å²) in [5.41, 5.74) is 1.37. The molecule has 0 aliphatic carbocycles. The number of aromatic nitrogens is 2. The number of fused-ring (bicyclic) bond motifs is 1. The van der Waals surface area contributed by atoms with Crippen molar-refractivity contribution in [1.29, 1.82) is 0 Å². The molecule has 0 fully saturated rings. The first-order chi connectivity index (χ1) is 9.93. The van der Waals surface area contributed by atoms with Gasteiger partial charge >= 0.3 is 5.97 Å². The minimum Gasteiger partial charge on any atom is -0.481 e. The maximum atomic E-state index is 11.9. The van der Waals surface area contributed by atoms with Gasteiger partial charge in [0.15, 0.2) is 5.16 Å². The number of hydrogen-bond acceptors (Lipinski definition) is 4. The minimum absolute atomic E-state index is 0.127. The van der Waals surface area contributed by atoms with E-state index >= 15 is 0 Å². The summed E-state index contributed by atoms with van der Waals surface area (Å²) >= 11 is 7.02. The van der Waals surface area contributed by atoms with E-state index in [1.165, 1.54) is 0 Å². The molecule has 0 saturated heterocycles. The van der Waals surface area contributed by atoms with Crippen molar-refractivity contribution in [3.63, 3.8) is 0 Å². The number of benzene rings is 1. The molecule has 2 rings (SSSR count). The molecule has 2 N–H and O–H groups in total. The molecule has 1 aromatic heterocycles. The zero-order valence-corrected chi connectivity index (χ0v) is 13.0. The standard InChI is InChI=1S/C13H14ClN3O3S/c1-7(12(20)15-2)17-10-4-3-8(14)5-9(10)16-13(17)21-6-11(18)19/h3-5,7H,6H2,1-2H3,(H,15,20)(H,18,19). The fourth-order valence-corrected chi connectivity index (χ4v) is 2.96. The molecule has 21 heavy (non-hydrogen) atoms. The van der Waals surface area contributed by atoms with Crippen molar-refractivity contribution in [3.8, 4) is 0 Å². The third-order valence-electron chi connectivity index (χ3n) is 2.96. The van der Waals surface area contributed by atoms with Crippen LogP contribution in [-0.4, -0.2) is 39.3 Å². The van der Waals surface area contributed by atoms with E-state index in [0.29, 0.717) is 15.7 Å². The lowest BCUT2D eigenvalue weighted by Gasteiger charge is -2.15. The van der Waals surface area contributed by atoms with E-state index in [1.54, 1.807) is 36.7 Å². The van der Waals surface area contributed by atoms with E-state index < -0.39 is 12.0 Å². The van der Waals surface area contributed by atoms with Crippen LogP contribution in [0.3, 0.4) is 0 Å². The SMILES string of the molecule is CNC(=O)C(C)n1c(SCC(=O)O)nc2cc(Cl)ccc21. The van der Waals surface area contributed by atoms with Gasteiger partial charge in [0, 0.05) is 12.1 Å². The summed E-state index contributed by atoms with van der Waals surface area (Å²) in [6.45, 7) is 1.74. The Kier molecular flexibility index (Phi) is 4.74. The summed E-state index contributed by atoms with van der Waals surface area (Å²) in [4.78, 5) is 27.0. The number of carbonyl (C=O) groups excluding carboxylic acids is 1. The average Bonchev–Trinajstić information content (AvgIpc) is 2.80. The molecule has 1 amide bonds. The van der Waals surface area contributed by atoms with Crippen LogP contribution in [0.1, 0.15) is 13.0 Å². The second-order valence-electron chi connectivity index (χ2n) is 4.37. The molecule has 8 heteroatoms. The van der Waals surface area contributed by atoms with E-state index in [4.69, 9.17) is 16.7 Å². The first kappa shape index (κ1) is 15.7. The number of aliphatic carboxylic acids is 1. The first-order valence-electron chi connectivity index (χ1n) is 6.17. The highest BCUT2D eigenvalue weighted by Gasteiger charge is 2.21. The number of nitrogens with one attached hydrogen (secondary N) is 1. The van der Waals surface area contributed by atoms with Crippen LogP contribution >= 0.6 is 23.4 Å². The lowest BCUT2D eigenvalue weighted by molar-refractivity contribution is -0.133. The number of likely N-dealkylation sites (N-methyl/N-ethyl adjacent to an activating group) is 1. The molecule has 0 bridgehead atoms. The van der Waals surface area contributed by atoms with Gasteiger partial charge in [-0.05, 0) is 25.1 Å². The molecular weight excluding hydrogens is 314 g/mol. The number of rotatable bonds is 5. The third-order valence-corrected chi connectivity index (χ3v) is 4.13. The molecule has 1 unspecified atom stereocenters. The van der Waals surface area contributed by atoms with Gasteiger partial charge in [0.25, 0.3) is 0 Å². The maximum Gasteiger partial charge on any atom is 0.313 e. The molecule has 1 aromatic carbocycles. The molecule has 0 spiro atoms. The molecule has 1 heterocycles. The van der Waals surface area contributed by atoms with Crippen LogP contribution in [0.25, 0.3) is 11.0 Å². The van der Waals surface area contributed by atoms with E-state index in [0.717, 1.165) is 17.3 Å². The Balaban J connectivity index is 2.54. The van der Waals surface area contributed by atoms with Gasteiger partial charge in [0.1, 0.15) is 6.04 Å². The average molecular weight is 328 g/mol. The highest BCUT2D eigenvalue weighted by atomic mass is 35.5. The van der Waals surface area contributed by atoms with Crippen LogP contribution in [0.2, 0.25) is 5.02 Å². The van der Waals surface area contributed by atoms with Crippen molar-refractivity contribution < 1.29 is 14.7 Å². The number of carboxylic acid groups (broad SMARTS) is 1. The summed E-state index contributed by atoms with van der Waals surface area (Å²) in [6.07, 6.45) is 0. The van der Waals surface area contributed by atoms with Crippen molar-refractivity contribution >= 4 is 46.3 Å². The molecular formula is C13H14ClN3O3S. The molecule has 6 nitrogen and oxygen atoms in total. The van der Waals surface area contributed by atoms with E-state index in [2.05, 4.69) is 10.3 Å². The van der Waals surface area contributed by atoms with Crippen LogP contribution in [-0.2, 0) is 9.59 Å². The Labute approximate surface area is 130 Å². The summed E-state index contributed by atoms with van der Waals surface area (Å²) in [5, 5.41) is 12.4. The number of carboxylic acids is 1. The number of imidazole rings is 1. The molecule has 0 aliphatic heterocycles. The van der Waals surface area contributed by atoms with Gasteiger partial charge in [-0.2, -0.15) is 0 Å². The highest BCUT2D eigenvalue weighted by molar-refractivity contribution is 7.99. The molecule has 2 aromatic rings. The summed E-state index contributed by atoms with van der Waals surface area (Å²) in [6, 6.07) is 4.67. The summed E-state index contributed by atoms with van der Waals surface area (Å²) in [5.74, 6) is -1.25. The van der Waals surface area contributed by atoms with Crippen LogP contribution in [0.15, 0.2) is 23.4 Å².